The van der Waals surface area contributed by atoms with Crippen LogP contribution in [0.25, 0.3) is 0 Å². The van der Waals surface area contributed by atoms with Gasteiger partial charge in [0.2, 0.25) is 0 Å². The molecule has 2 nitrogen and oxygen atoms in total. The Morgan fingerprint density at radius 1 is 1.05 bits per heavy atom. The van der Waals surface area contributed by atoms with Crippen LogP contribution >= 0.6 is 15.9 Å². The van der Waals surface area contributed by atoms with Crippen LogP contribution in [0.5, 0.6) is 11.5 Å². The number of rotatable bonds is 3. The Kier molecular flexibility index (Phi) is 4.32. The van der Waals surface area contributed by atoms with Gasteiger partial charge in [-0.15, -0.1) is 0 Å². The highest BCUT2D eigenvalue weighted by Crippen LogP contribution is 2.35. The smallest absolute Gasteiger partial charge is 0.417 e. The highest BCUT2D eigenvalue weighted by atomic mass is 79.9. The predicted octanol–water partition coefficient (Wildman–Crippen LogP) is 5.21. The van der Waals surface area contributed by atoms with E-state index in [1.165, 1.54) is 18.2 Å². The van der Waals surface area contributed by atoms with Crippen LogP contribution in [0, 0.1) is 5.82 Å². The van der Waals surface area contributed by atoms with Crippen LogP contribution in [0.3, 0.4) is 0 Å². The van der Waals surface area contributed by atoms with Crippen LogP contribution in [-0.4, -0.2) is 6.29 Å². The number of carbonyl (C=O) groups excluding carboxylic acids is 1. The molecule has 110 valence electrons. The van der Waals surface area contributed by atoms with Crippen molar-refractivity contribution >= 4 is 22.2 Å². The summed E-state index contributed by atoms with van der Waals surface area (Å²) in [6, 6.07) is 6.53. The van der Waals surface area contributed by atoms with Crippen LogP contribution in [0.1, 0.15) is 15.9 Å². The van der Waals surface area contributed by atoms with Crippen molar-refractivity contribution < 1.29 is 27.1 Å². The lowest BCUT2D eigenvalue weighted by atomic mass is 10.1. The molecule has 0 aliphatic carbocycles. The molecule has 0 saturated carbocycles. The molecule has 0 bridgehead atoms. The molecule has 0 N–H and O–H groups in total. The molecule has 0 heterocycles. The second-order valence-electron chi connectivity index (χ2n) is 4.07. The van der Waals surface area contributed by atoms with Crippen molar-refractivity contribution in [3.63, 3.8) is 0 Å². The number of halogens is 5. The Labute approximate surface area is 125 Å². The van der Waals surface area contributed by atoms with Gasteiger partial charge < -0.3 is 4.74 Å². The van der Waals surface area contributed by atoms with Crippen LogP contribution in [0.2, 0.25) is 0 Å². The molecule has 0 spiro atoms. The largest absolute Gasteiger partial charge is 0.457 e. The molecule has 2 aromatic rings. The van der Waals surface area contributed by atoms with Crippen molar-refractivity contribution in [2.75, 3.05) is 0 Å². The SMILES string of the molecule is O=Cc1ccc(Oc2cc(F)cc(Br)c2)cc1C(F)(F)F. The lowest BCUT2D eigenvalue weighted by Gasteiger charge is -2.12. The molecule has 0 unspecified atom stereocenters. The Hall–Kier alpha value is -1.89. The second kappa shape index (κ2) is 5.85. The topological polar surface area (TPSA) is 26.3 Å². The summed E-state index contributed by atoms with van der Waals surface area (Å²) in [5.41, 5.74) is -1.60. The molecule has 7 heteroatoms. The normalized spacial score (nSPS) is 11.3. The van der Waals surface area contributed by atoms with Crippen molar-refractivity contribution in [2.45, 2.75) is 6.18 Å². The monoisotopic (exact) mass is 362 g/mol. The van der Waals surface area contributed by atoms with E-state index in [0.717, 1.165) is 12.1 Å². The van der Waals surface area contributed by atoms with E-state index < -0.39 is 23.1 Å². The minimum atomic E-state index is -4.68. The van der Waals surface area contributed by atoms with Crippen molar-refractivity contribution in [1.82, 2.24) is 0 Å². The predicted molar refractivity (Wildman–Crippen MR) is 71.0 cm³/mol. The van der Waals surface area contributed by atoms with Gasteiger partial charge in [0, 0.05) is 16.1 Å². The first-order valence-corrected chi connectivity index (χ1v) is 6.39. The Morgan fingerprint density at radius 2 is 1.76 bits per heavy atom. The molecule has 0 aliphatic rings. The molecule has 0 amide bonds. The lowest BCUT2D eigenvalue weighted by molar-refractivity contribution is -0.137. The van der Waals surface area contributed by atoms with Gasteiger partial charge in [-0.3, -0.25) is 4.79 Å². The Bertz CT molecular complexity index is 663. The second-order valence-corrected chi connectivity index (χ2v) is 4.99. The summed E-state index contributed by atoms with van der Waals surface area (Å²) in [7, 11) is 0. The van der Waals surface area contributed by atoms with Gasteiger partial charge >= 0.3 is 6.18 Å². The van der Waals surface area contributed by atoms with Gasteiger partial charge in [0.1, 0.15) is 17.3 Å². The number of carbonyl (C=O) groups is 1. The number of aldehydes is 1. The van der Waals surface area contributed by atoms with Gasteiger partial charge in [-0.1, -0.05) is 15.9 Å². The van der Waals surface area contributed by atoms with Crippen molar-refractivity contribution in [2.24, 2.45) is 0 Å². The summed E-state index contributed by atoms with van der Waals surface area (Å²) in [6.45, 7) is 0. The van der Waals surface area contributed by atoms with E-state index in [1.54, 1.807) is 0 Å². The average molecular weight is 363 g/mol. The van der Waals surface area contributed by atoms with Crippen LogP contribution in [0.4, 0.5) is 17.6 Å². The number of alkyl halides is 3. The molecule has 0 fully saturated rings. The number of benzene rings is 2. The number of hydrogen-bond donors (Lipinski definition) is 0. The first-order chi connectivity index (χ1) is 9.79. The molecule has 21 heavy (non-hydrogen) atoms. The summed E-state index contributed by atoms with van der Waals surface area (Å²) in [5.74, 6) is -0.709. The van der Waals surface area contributed by atoms with Crippen molar-refractivity contribution in [3.05, 3.63) is 57.8 Å². The molecular weight excluding hydrogens is 356 g/mol. The minimum Gasteiger partial charge on any atom is -0.457 e. The first kappa shape index (κ1) is 15.5. The van der Waals surface area contributed by atoms with E-state index in [0.29, 0.717) is 10.5 Å². The van der Waals surface area contributed by atoms with Crippen LogP contribution in [-0.2, 0) is 6.18 Å². The van der Waals surface area contributed by atoms with Crippen LogP contribution < -0.4 is 4.74 Å². The maximum absolute atomic E-state index is 13.2. The minimum absolute atomic E-state index is 0.0360. The molecule has 2 aromatic carbocycles. The van der Waals surface area contributed by atoms with E-state index in [1.807, 2.05) is 0 Å². The van der Waals surface area contributed by atoms with E-state index in [4.69, 9.17) is 4.74 Å². The fourth-order valence-corrected chi connectivity index (χ4v) is 2.11. The fraction of sp³-hybridized carbons (Fsp3) is 0.0714. The lowest BCUT2D eigenvalue weighted by Crippen LogP contribution is -2.09. The summed E-state index contributed by atoms with van der Waals surface area (Å²) >= 11 is 3.05. The third kappa shape index (κ3) is 3.81. The van der Waals surface area contributed by atoms with Gasteiger partial charge in [0.25, 0.3) is 0 Å². The quantitative estimate of drug-likeness (QED) is 0.553. The average Bonchev–Trinajstić information content (AvgIpc) is 2.36. The van der Waals surface area contributed by atoms with Gasteiger partial charge in [0.05, 0.1) is 5.56 Å². The zero-order chi connectivity index (χ0) is 15.6. The fourth-order valence-electron chi connectivity index (χ4n) is 1.67. The zero-order valence-electron chi connectivity index (χ0n) is 10.2. The molecule has 0 aromatic heterocycles. The summed E-state index contributed by atoms with van der Waals surface area (Å²) < 4.78 is 57.2. The van der Waals surface area contributed by atoms with Crippen molar-refractivity contribution in [3.8, 4) is 11.5 Å². The van der Waals surface area contributed by atoms with Gasteiger partial charge in [-0.05, 0) is 30.3 Å². The third-order valence-corrected chi connectivity index (χ3v) is 2.99. The van der Waals surface area contributed by atoms with E-state index >= 15 is 0 Å². The highest BCUT2D eigenvalue weighted by molar-refractivity contribution is 9.10. The zero-order valence-corrected chi connectivity index (χ0v) is 11.8. The molecule has 0 atom stereocenters. The third-order valence-electron chi connectivity index (χ3n) is 2.53. The maximum Gasteiger partial charge on any atom is 0.417 e. The van der Waals surface area contributed by atoms with E-state index in [2.05, 4.69) is 15.9 Å². The molecule has 2 rings (SSSR count). The molecule has 0 aliphatic heterocycles. The standard InChI is InChI=1S/C14H7BrF4O2/c15-9-3-10(16)5-12(4-9)21-11-2-1-8(7-20)13(6-11)14(17,18)19/h1-7H. The molecule has 0 radical (unpaired) electrons. The van der Waals surface area contributed by atoms with E-state index in [-0.39, 0.29) is 17.8 Å². The summed E-state index contributed by atoms with van der Waals surface area (Å²) in [6.07, 6.45) is -4.57. The molecule has 0 saturated heterocycles. The van der Waals surface area contributed by atoms with Gasteiger partial charge in [-0.25, -0.2) is 4.39 Å². The van der Waals surface area contributed by atoms with Gasteiger partial charge in [-0.2, -0.15) is 13.2 Å². The summed E-state index contributed by atoms with van der Waals surface area (Å²) in [5, 5.41) is 0. The number of ether oxygens (including phenoxy) is 1. The van der Waals surface area contributed by atoms with Crippen molar-refractivity contribution in [1.29, 1.82) is 0 Å². The first-order valence-electron chi connectivity index (χ1n) is 5.60. The van der Waals surface area contributed by atoms with Gasteiger partial charge in [0.15, 0.2) is 6.29 Å². The molecular formula is C14H7BrF4O2. The Morgan fingerprint density at radius 3 is 2.33 bits per heavy atom. The highest BCUT2D eigenvalue weighted by Gasteiger charge is 2.33. The Balaban J connectivity index is 2.39. The maximum atomic E-state index is 13.2. The van der Waals surface area contributed by atoms with E-state index in [9.17, 15) is 22.4 Å². The van der Waals surface area contributed by atoms with Crippen LogP contribution in [0.15, 0.2) is 40.9 Å². The summed E-state index contributed by atoms with van der Waals surface area (Å²) in [4.78, 5) is 10.6. The number of hydrogen-bond acceptors (Lipinski definition) is 2.